The molecule has 0 saturated carbocycles. The zero-order valence-electron chi connectivity index (χ0n) is 13.3. The van der Waals surface area contributed by atoms with Crippen molar-refractivity contribution in [2.45, 2.75) is 31.2 Å². The lowest BCUT2D eigenvalue weighted by molar-refractivity contribution is 0.367. The van der Waals surface area contributed by atoms with Gasteiger partial charge >= 0.3 is 0 Å². The lowest BCUT2D eigenvalue weighted by Gasteiger charge is -2.31. The third-order valence-corrected chi connectivity index (χ3v) is 6.39. The Morgan fingerprint density at radius 2 is 1.91 bits per heavy atom. The van der Waals surface area contributed by atoms with Gasteiger partial charge in [0.25, 0.3) is 0 Å². The molecule has 4 heteroatoms. The van der Waals surface area contributed by atoms with Crippen LogP contribution in [0.2, 0.25) is 0 Å². The molecule has 2 rings (SSSR count). The van der Waals surface area contributed by atoms with E-state index in [-0.39, 0.29) is 10.9 Å². The molecule has 0 aliphatic rings. The van der Waals surface area contributed by atoms with Crippen molar-refractivity contribution in [3.63, 3.8) is 0 Å². The molecule has 2 aromatic carbocycles. The zero-order chi connectivity index (χ0) is 16.2. The average molecular weight is 334 g/mol. The quantitative estimate of drug-likeness (QED) is 0.603. The Labute approximate surface area is 140 Å². The molecule has 0 spiro atoms. The first-order valence-corrected chi connectivity index (χ1v) is 9.02. The van der Waals surface area contributed by atoms with Gasteiger partial charge in [-0.05, 0) is 23.4 Å². The van der Waals surface area contributed by atoms with Gasteiger partial charge in [0.2, 0.25) is 0 Å². The fraction of sp³-hybridized carbons (Fsp3) is 0.333. The highest BCUT2D eigenvalue weighted by Crippen LogP contribution is 2.49. The summed E-state index contributed by atoms with van der Waals surface area (Å²) in [6.07, 6.45) is 0.938. The lowest BCUT2D eigenvalue weighted by atomic mass is 9.96. The molecular formula is C18H23O2PS. The Bertz CT molecular complexity index is 645. The van der Waals surface area contributed by atoms with E-state index in [1.54, 1.807) is 13.2 Å². The van der Waals surface area contributed by atoms with Gasteiger partial charge in [-0.1, -0.05) is 58.8 Å². The first-order valence-electron chi connectivity index (χ1n) is 7.39. The van der Waals surface area contributed by atoms with Gasteiger partial charge < -0.3 is 9.84 Å². The Balaban J connectivity index is 2.45. The number of phenolic OH excluding ortho intramolecular Hbond substituents is 1. The van der Waals surface area contributed by atoms with Crippen molar-refractivity contribution in [1.82, 2.24) is 0 Å². The summed E-state index contributed by atoms with van der Waals surface area (Å²) >= 11 is 4.43. The molecule has 0 fully saturated rings. The van der Waals surface area contributed by atoms with Crippen LogP contribution in [0.3, 0.4) is 0 Å². The summed E-state index contributed by atoms with van der Waals surface area (Å²) in [6.45, 7) is 4.37. The minimum atomic E-state index is -0.127. The molecule has 2 aromatic rings. The molecule has 2 atom stereocenters. The van der Waals surface area contributed by atoms with Gasteiger partial charge in [-0.25, -0.2) is 0 Å². The molecule has 1 N–H and O–H groups in total. The first-order chi connectivity index (χ1) is 10.6. The third kappa shape index (κ3) is 3.42. The van der Waals surface area contributed by atoms with Crippen LogP contribution in [0.5, 0.6) is 11.5 Å². The summed E-state index contributed by atoms with van der Waals surface area (Å²) in [5.41, 5.74) is 2.20. The molecule has 0 heterocycles. The maximum atomic E-state index is 10.5. The number of rotatable bonds is 6. The number of hydrogen-bond acceptors (Lipinski definition) is 3. The molecule has 0 saturated heterocycles. The van der Waals surface area contributed by atoms with Gasteiger partial charge in [0, 0.05) is 16.5 Å². The standard InChI is InChI=1S/C18H23O2PS/c1-4-18(2,14-9-7-10-15(20-3)17(14)19)21-16-11-6-5-8-13(16)12-22/h5-11,19,21-22H,4,12H2,1-3H3. The number of ether oxygens (including phenoxy) is 1. The number of hydrogen-bond donors (Lipinski definition) is 2. The van der Waals surface area contributed by atoms with Gasteiger partial charge in [0.1, 0.15) is 0 Å². The van der Waals surface area contributed by atoms with Crippen molar-refractivity contribution in [1.29, 1.82) is 0 Å². The topological polar surface area (TPSA) is 29.5 Å². The highest BCUT2D eigenvalue weighted by atomic mass is 32.1. The van der Waals surface area contributed by atoms with Crippen LogP contribution in [0.25, 0.3) is 0 Å². The summed E-state index contributed by atoms with van der Waals surface area (Å²) in [5.74, 6) is 1.52. The van der Waals surface area contributed by atoms with Crippen LogP contribution in [-0.4, -0.2) is 12.2 Å². The van der Waals surface area contributed by atoms with Crippen LogP contribution in [-0.2, 0) is 10.9 Å². The highest BCUT2D eigenvalue weighted by molar-refractivity contribution is 7.79. The van der Waals surface area contributed by atoms with Crippen molar-refractivity contribution >= 4 is 26.5 Å². The summed E-state index contributed by atoms with van der Waals surface area (Å²) in [5, 5.41) is 11.7. The Kier molecular flexibility index (Phi) is 5.77. The minimum Gasteiger partial charge on any atom is -0.504 e. The van der Waals surface area contributed by atoms with E-state index in [9.17, 15) is 5.11 Å². The van der Waals surface area contributed by atoms with E-state index in [2.05, 4.69) is 44.7 Å². The maximum absolute atomic E-state index is 10.5. The Morgan fingerprint density at radius 3 is 2.55 bits per heavy atom. The summed E-state index contributed by atoms with van der Waals surface area (Å²) in [7, 11) is 2.15. The largest absolute Gasteiger partial charge is 0.504 e. The average Bonchev–Trinajstić information content (AvgIpc) is 2.55. The van der Waals surface area contributed by atoms with E-state index in [1.807, 2.05) is 18.2 Å². The summed E-state index contributed by atoms with van der Waals surface area (Å²) in [6, 6.07) is 14.1. The molecule has 0 amide bonds. The summed E-state index contributed by atoms with van der Waals surface area (Å²) < 4.78 is 5.26. The second-order valence-electron chi connectivity index (χ2n) is 5.48. The van der Waals surface area contributed by atoms with Crippen LogP contribution < -0.4 is 10.0 Å². The Morgan fingerprint density at radius 1 is 1.18 bits per heavy atom. The van der Waals surface area contributed by atoms with Crippen molar-refractivity contribution in [2.24, 2.45) is 0 Å². The number of para-hydroxylation sites is 1. The molecule has 0 radical (unpaired) electrons. The van der Waals surface area contributed by atoms with Gasteiger partial charge in [0.05, 0.1) is 7.11 Å². The van der Waals surface area contributed by atoms with Gasteiger partial charge in [-0.2, -0.15) is 12.6 Å². The maximum Gasteiger partial charge on any atom is 0.161 e. The van der Waals surface area contributed by atoms with Crippen LogP contribution in [0.15, 0.2) is 42.5 Å². The molecule has 2 nitrogen and oxygen atoms in total. The normalized spacial score (nSPS) is 14.2. The van der Waals surface area contributed by atoms with Crippen LogP contribution in [0.1, 0.15) is 31.4 Å². The van der Waals surface area contributed by atoms with Gasteiger partial charge in [-0.15, -0.1) is 0 Å². The fourth-order valence-electron chi connectivity index (χ4n) is 2.56. The molecule has 0 aliphatic carbocycles. The predicted octanol–water partition coefficient (Wildman–Crippen LogP) is 4.46. The van der Waals surface area contributed by atoms with Crippen molar-refractivity contribution in [3.8, 4) is 11.5 Å². The van der Waals surface area contributed by atoms with E-state index in [4.69, 9.17) is 4.74 Å². The van der Waals surface area contributed by atoms with Gasteiger partial charge in [0.15, 0.2) is 11.5 Å². The summed E-state index contributed by atoms with van der Waals surface area (Å²) in [4.78, 5) is 0. The Hall–Kier alpha value is -1.18. The second-order valence-corrected chi connectivity index (χ2v) is 7.69. The molecular weight excluding hydrogens is 311 g/mol. The number of methoxy groups -OCH3 is 1. The molecule has 0 aliphatic heterocycles. The van der Waals surface area contributed by atoms with E-state index in [1.165, 1.54) is 10.9 Å². The smallest absolute Gasteiger partial charge is 0.161 e. The lowest BCUT2D eigenvalue weighted by Crippen LogP contribution is -2.20. The third-order valence-electron chi connectivity index (χ3n) is 4.12. The van der Waals surface area contributed by atoms with Crippen molar-refractivity contribution in [2.75, 3.05) is 7.11 Å². The number of aromatic hydroxyl groups is 1. The number of phenols is 1. The number of thiol groups is 1. The molecule has 0 bridgehead atoms. The predicted molar refractivity (Wildman–Crippen MR) is 99.4 cm³/mol. The number of benzene rings is 2. The van der Waals surface area contributed by atoms with E-state index in [0.29, 0.717) is 14.3 Å². The van der Waals surface area contributed by atoms with E-state index in [0.717, 1.165) is 17.7 Å². The van der Waals surface area contributed by atoms with Gasteiger partial charge in [-0.3, -0.25) is 0 Å². The van der Waals surface area contributed by atoms with Crippen LogP contribution in [0, 0.1) is 0 Å². The fourth-order valence-corrected chi connectivity index (χ4v) is 4.60. The van der Waals surface area contributed by atoms with E-state index < -0.39 is 0 Å². The molecule has 22 heavy (non-hydrogen) atoms. The zero-order valence-corrected chi connectivity index (χ0v) is 15.2. The highest BCUT2D eigenvalue weighted by Gasteiger charge is 2.29. The van der Waals surface area contributed by atoms with Crippen molar-refractivity contribution < 1.29 is 9.84 Å². The minimum absolute atomic E-state index is 0.127. The molecule has 2 unspecified atom stereocenters. The first kappa shape index (κ1) is 17.2. The van der Waals surface area contributed by atoms with E-state index >= 15 is 0 Å². The second kappa shape index (κ2) is 7.39. The van der Waals surface area contributed by atoms with Crippen LogP contribution >= 0.6 is 21.2 Å². The van der Waals surface area contributed by atoms with Crippen molar-refractivity contribution in [3.05, 3.63) is 53.6 Å². The van der Waals surface area contributed by atoms with Crippen LogP contribution in [0.4, 0.5) is 0 Å². The molecule has 118 valence electrons. The monoisotopic (exact) mass is 334 g/mol. The molecule has 0 aromatic heterocycles. The SMILES string of the molecule is CCC(C)(Pc1ccccc1CS)c1cccc(OC)c1O.